The van der Waals surface area contributed by atoms with Crippen molar-refractivity contribution in [1.29, 1.82) is 0 Å². The van der Waals surface area contributed by atoms with E-state index in [-0.39, 0.29) is 12.7 Å². The molecule has 0 spiro atoms. The van der Waals surface area contributed by atoms with E-state index in [2.05, 4.69) is 10.1 Å². The minimum Gasteiger partial charge on any atom is -0.481 e. The average Bonchev–Trinajstić information content (AvgIpc) is 3.09. The molecule has 0 unspecified atom stereocenters. The topological polar surface area (TPSA) is 83.1 Å². The van der Waals surface area contributed by atoms with Crippen LogP contribution >= 0.6 is 0 Å². The van der Waals surface area contributed by atoms with E-state index in [9.17, 15) is 9.59 Å². The van der Waals surface area contributed by atoms with E-state index in [1.165, 1.54) is 13.2 Å². The highest BCUT2D eigenvalue weighted by atomic mass is 16.7. The highest BCUT2D eigenvalue weighted by molar-refractivity contribution is 5.94. The number of esters is 1. The normalized spacial score (nSPS) is 13.0. The van der Waals surface area contributed by atoms with Gasteiger partial charge in [0.25, 0.3) is 5.91 Å². The number of rotatable bonds is 5. The lowest BCUT2D eigenvalue weighted by Gasteiger charge is -2.15. The second-order valence-electron chi connectivity index (χ2n) is 5.34. The fraction of sp³-hybridized carbons (Fsp3) is 0.222. The van der Waals surface area contributed by atoms with Crippen molar-refractivity contribution >= 4 is 17.6 Å². The molecule has 1 N–H and O–H groups in total. The van der Waals surface area contributed by atoms with E-state index in [1.54, 1.807) is 43.3 Å². The van der Waals surface area contributed by atoms with Crippen LogP contribution in [-0.2, 0) is 9.53 Å². The van der Waals surface area contributed by atoms with Crippen molar-refractivity contribution in [2.24, 2.45) is 0 Å². The van der Waals surface area contributed by atoms with Crippen LogP contribution in [0.1, 0.15) is 17.3 Å². The maximum absolute atomic E-state index is 12.3. The molecule has 25 heavy (non-hydrogen) atoms. The first-order valence-corrected chi connectivity index (χ1v) is 7.62. The molecule has 2 aromatic carbocycles. The summed E-state index contributed by atoms with van der Waals surface area (Å²) in [6.07, 6.45) is -0.765. The molecule has 3 rings (SSSR count). The van der Waals surface area contributed by atoms with Crippen molar-refractivity contribution in [1.82, 2.24) is 0 Å². The fourth-order valence-electron chi connectivity index (χ4n) is 2.29. The predicted octanol–water partition coefficient (Wildman–Crippen LogP) is 2.61. The highest BCUT2D eigenvalue weighted by Crippen LogP contribution is 2.34. The van der Waals surface area contributed by atoms with Gasteiger partial charge in [0.05, 0.1) is 12.7 Å². The van der Waals surface area contributed by atoms with Gasteiger partial charge in [0.15, 0.2) is 17.6 Å². The summed E-state index contributed by atoms with van der Waals surface area (Å²) in [5.74, 6) is 0.820. The summed E-state index contributed by atoms with van der Waals surface area (Å²) in [5.41, 5.74) is 0.927. The lowest BCUT2D eigenvalue weighted by atomic mass is 10.2. The van der Waals surface area contributed by atoms with Gasteiger partial charge in [-0.15, -0.1) is 0 Å². The summed E-state index contributed by atoms with van der Waals surface area (Å²) >= 11 is 0. The monoisotopic (exact) mass is 343 g/mol. The van der Waals surface area contributed by atoms with Crippen molar-refractivity contribution in [3.8, 4) is 17.2 Å². The van der Waals surface area contributed by atoms with Gasteiger partial charge in [-0.25, -0.2) is 4.79 Å². The molecule has 0 aliphatic carbocycles. The Hall–Kier alpha value is -3.22. The summed E-state index contributed by atoms with van der Waals surface area (Å²) in [6.45, 7) is 1.79. The zero-order chi connectivity index (χ0) is 17.8. The van der Waals surface area contributed by atoms with Crippen molar-refractivity contribution in [3.63, 3.8) is 0 Å². The molecule has 0 saturated heterocycles. The van der Waals surface area contributed by atoms with E-state index in [1.807, 2.05) is 0 Å². The number of hydrogen-bond acceptors (Lipinski definition) is 6. The van der Waals surface area contributed by atoms with Crippen molar-refractivity contribution < 1.29 is 28.5 Å². The van der Waals surface area contributed by atoms with Crippen LogP contribution < -0.4 is 19.5 Å². The van der Waals surface area contributed by atoms with Crippen LogP contribution in [0.3, 0.4) is 0 Å². The lowest BCUT2D eigenvalue weighted by Crippen LogP contribution is -2.30. The minimum absolute atomic E-state index is 0.169. The second-order valence-corrected chi connectivity index (χ2v) is 5.34. The highest BCUT2D eigenvalue weighted by Gasteiger charge is 2.18. The molecule has 2 aromatic rings. The average molecular weight is 343 g/mol. The van der Waals surface area contributed by atoms with Gasteiger partial charge < -0.3 is 24.3 Å². The van der Waals surface area contributed by atoms with Crippen LogP contribution in [0.5, 0.6) is 17.2 Å². The van der Waals surface area contributed by atoms with Crippen LogP contribution in [0.2, 0.25) is 0 Å². The lowest BCUT2D eigenvalue weighted by molar-refractivity contribution is -0.122. The number of benzene rings is 2. The van der Waals surface area contributed by atoms with E-state index in [0.717, 1.165) is 0 Å². The van der Waals surface area contributed by atoms with Crippen LogP contribution in [0.4, 0.5) is 5.69 Å². The van der Waals surface area contributed by atoms with Gasteiger partial charge in [0.1, 0.15) is 5.75 Å². The molecule has 0 radical (unpaired) electrons. The quantitative estimate of drug-likeness (QED) is 0.840. The van der Waals surface area contributed by atoms with Gasteiger partial charge in [0.2, 0.25) is 6.79 Å². The van der Waals surface area contributed by atoms with Crippen LogP contribution in [0.25, 0.3) is 0 Å². The third-order valence-corrected chi connectivity index (χ3v) is 3.58. The SMILES string of the molecule is COC(=O)c1cccc(O[C@H](C)C(=O)Nc2ccc3c(c2)OCO3)c1. The molecular weight excluding hydrogens is 326 g/mol. The Morgan fingerprint density at radius 2 is 1.92 bits per heavy atom. The molecule has 1 amide bonds. The summed E-state index contributed by atoms with van der Waals surface area (Å²) in [4.78, 5) is 23.8. The molecule has 0 bridgehead atoms. The summed E-state index contributed by atoms with van der Waals surface area (Å²) in [5, 5.41) is 2.75. The Morgan fingerprint density at radius 1 is 1.12 bits per heavy atom. The standard InChI is InChI=1S/C18H17NO6/c1-11(25-14-5-3-4-12(8-14)18(21)22-2)17(20)19-13-6-7-15-16(9-13)24-10-23-15/h3-9,11H,10H2,1-2H3,(H,19,20)/t11-/m1/s1. The Balaban J connectivity index is 1.64. The molecule has 130 valence electrons. The van der Waals surface area contributed by atoms with Crippen LogP contribution in [0.15, 0.2) is 42.5 Å². The summed E-state index contributed by atoms with van der Waals surface area (Å²) < 4.78 is 20.8. The third kappa shape index (κ3) is 3.82. The van der Waals surface area contributed by atoms with E-state index in [0.29, 0.717) is 28.5 Å². The maximum Gasteiger partial charge on any atom is 0.337 e. The number of methoxy groups -OCH3 is 1. The Labute approximate surface area is 144 Å². The molecule has 1 heterocycles. The van der Waals surface area contributed by atoms with E-state index >= 15 is 0 Å². The number of ether oxygens (including phenoxy) is 4. The van der Waals surface area contributed by atoms with Gasteiger partial charge >= 0.3 is 5.97 Å². The van der Waals surface area contributed by atoms with Gasteiger partial charge in [0, 0.05) is 11.8 Å². The molecule has 1 aliphatic rings. The number of hydrogen-bond donors (Lipinski definition) is 1. The number of anilines is 1. The molecule has 0 saturated carbocycles. The molecule has 0 fully saturated rings. The predicted molar refractivity (Wildman–Crippen MR) is 89.1 cm³/mol. The molecule has 7 heteroatoms. The first-order valence-electron chi connectivity index (χ1n) is 7.62. The Morgan fingerprint density at radius 3 is 2.72 bits per heavy atom. The van der Waals surface area contributed by atoms with Crippen molar-refractivity contribution in [2.45, 2.75) is 13.0 Å². The van der Waals surface area contributed by atoms with Gasteiger partial charge in [-0.3, -0.25) is 4.79 Å². The molecule has 1 aliphatic heterocycles. The smallest absolute Gasteiger partial charge is 0.337 e. The third-order valence-electron chi connectivity index (χ3n) is 3.58. The van der Waals surface area contributed by atoms with Gasteiger partial charge in [-0.1, -0.05) is 6.07 Å². The first-order chi connectivity index (χ1) is 12.1. The van der Waals surface area contributed by atoms with E-state index < -0.39 is 12.1 Å². The maximum atomic E-state index is 12.3. The fourth-order valence-corrected chi connectivity index (χ4v) is 2.29. The van der Waals surface area contributed by atoms with Gasteiger partial charge in [-0.2, -0.15) is 0 Å². The first kappa shape index (κ1) is 16.6. The Bertz CT molecular complexity index is 804. The van der Waals surface area contributed by atoms with Crippen LogP contribution in [0, 0.1) is 0 Å². The number of nitrogens with one attached hydrogen (secondary N) is 1. The molecule has 0 aromatic heterocycles. The zero-order valence-electron chi connectivity index (χ0n) is 13.8. The minimum atomic E-state index is -0.765. The summed E-state index contributed by atoms with van der Waals surface area (Å²) in [6, 6.07) is 11.6. The number of fused-ring (bicyclic) bond motifs is 1. The Kier molecular flexibility index (Phi) is 4.74. The van der Waals surface area contributed by atoms with Crippen molar-refractivity contribution in [2.75, 3.05) is 19.2 Å². The second kappa shape index (κ2) is 7.12. The van der Waals surface area contributed by atoms with E-state index in [4.69, 9.17) is 14.2 Å². The number of amides is 1. The van der Waals surface area contributed by atoms with Crippen molar-refractivity contribution in [3.05, 3.63) is 48.0 Å². The molecule has 1 atom stereocenters. The molecular formula is C18H17NO6. The van der Waals surface area contributed by atoms with Gasteiger partial charge in [-0.05, 0) is 37.3 Å². The summed E-state index contributed by atoms with van der Waals surface area (Å²) in [7, 11) is 1.30. The zero-order valence-corrected chi connectivity index (χ0v) is 13.8. The molecule has 7 nitrogen and oxygen atoms in total. The largest absolute Gasteiger partial charge is 0.481 e. The number of carbonyl (C=O) groups is 2. The van der Waals surface area contributed by atoms with Crippen LogP contribution in [-0.4, -0.2) is 31.9 Å². The number of carbonyl (C=O) groups excluding carboxylic acids is 2.